The SMILES string of the molecule is CCC(=O)c1ccc(CCc2ccc(C(=O)C(C)C)cc2)cc1. The third-order valence-electron chi connectivity index (χ3n) is 4.06. The third kappa shape index (κ3) is 4.62. The molecule has 0 fully saturated rings. The number of carbonyl (C=O) groups is 2. The van der Waals surface area contributed by atoms with E-state index in [4.69, 9.17) is 0 Å². The highest BCUT2D eigenvalue weighted by Gasteiger charge is 2.09. The van der Waals surface area contributed by atoms with Gasteiger partial charge >= 0.3 is 0 Å². The molecule has 2 heteroatoms. The van der Waals surface area contributed by atoms with Crippen molar-refractivity contribution < 1.29 is 9.59 Å². The summed E-state index contributed by atoms with van der Waals surface area (Å²) in [6, 6.07) is 15.8. The van der Waals surface area contributed by atoms with Crippen molar-refractivity contribution >= 4 is 11.6 Å². The molecule has 2 nitrogen and oxygen atoms in total. The normalized spacial score (nSPS) is 10.8. The lowest BCUT2D eigenvalue weighted by molar-refractivity contribution is 0.0938. The highest BCUT2D eigenvalue weighted by Crippen LogP contribution is 2.13. The molecule has 0 atom stereocenters. The standard InChI is InChI=1S/C21H24O2/c1-4-20(22)18-11-7-16(8-12-18)5-6-17-9-13-19(14-10-17)21(23)15(2)3/h7-15H,4-6H2,1-3H3. The molecule has 0 N–H and O–H groups in total. The number of hydrogen-bond donors (Lipinski definition) is 0. The first kappa shape index (κ1) is 17.1. The van der Waals surface area contributed by atoms with Gasteiger partial charge in [0.15, 0.2) is 11.6 Å². The topological polar surface area (TPSA) is 34.1 Å². The van der Waals surface area contributed by atoms with Crippen LogP contribution in [-0.4, -0.2) is 11.6 Å². The summed E-state index contributed by atoms with van der Waals surface area (Å²) >= 11 is 0. The van der Waals surface area contributed by atoms with Crippen molar-refractivity contribution in [2.75, 3.05) is 0 Å². The minimum atomic E-state index is 0.0326. The van der Waals surface area contributed by atoms with Crippen molar-refractivity contribution in [2.45, 2.75) is 40.0 Å². The number of Topliss-reactive ketones (excluding diaryl/α,β-unsaturated/α-hetero) is 2. The summed E-state index contributed by atoms with van der Waals surface area (Å²) < 4.78 is 0. The molecule has 0 aromatic heterocycles. The molecule has 0 saturated heterocycles. The predicted octanol–water partition coefficient (Wildman–Crippen LogP) is 4.90. The maximum atomic E-state index is 11.9. The van der Waals surface area contributed by atoms with Gasteiger partial charge in [0, 0.05) is 23.5 Å². The fourth-order valence-electron chi connectivity index (χ4n) is 2.52. The summed E-state index contributed by atoms with van der Waals surface area (Å²) in [5.74, 6) is 0.403. The highest BCUT2D eigenvalue weighted by molar-refractivity contribution is 5.97. The summed E-state index contributed by atoms with van der Waals surface area (Å²) in [6.07, 6.45) is 2.40. The maximum absolute atomic E-state index is 11.9. The van der Waals surface area contributed by atoms with E-state index in [1.54, 1.807) is 0 Å². The smallest absolute Gasteiger partial charge is 0.165 e. The second-order valence-corrected chi connectivity index (χ2v) is 6.19. The van der Waals surface area contributed by atoms with E-state index in [0.717, 1.165) is 24.0 Å². The van der Waals surface area contributed by atoms with Crippen LogP contribution >= 0.6 is 0 Å². The molecule has 2 aromatic rings. The van der Waals surface area contributed by atoms with Crippen molar-refractivity contribution in [3.05, 3.63) is 70.8 Å². The van der Waals surface area contributed by atoms with Crippen LogP contribution in [0, 0.1) is 5.92 Å². The quantitative estimate of drug-likeness (QED) is 0.681. The van der Waals surface area contributed by atoms with Gasteiger partial charge in [-0.25, -0.2) is 0 Å². The van der Waals surface area contributed by atoms with Gasteiger partial charge in [0.2, 0.25) is 0 Å². The Morgan fingerprint density at radius 3 is 1.61 bits per heavy atom. The molecular weight excluding hydrogens is 284 g/mol. The van der Waals surface area contributed by atoms with E-state index in [0.29, 0.717) is 6.42 Å². The third-order valence-corrected chi connectivity index (χ3v) is 4.06. The Morgan fingerprint density at radius 2 is 1.22 bits per heavy atom. The minimum Gasteiger partial charge on any atom is -0.294 e. The molecule has 0 aliphatic carbocycles. The minimum absolute atomic E-state index is 0.0326. The van der Waals surface area contributed by atoms with Crippen molar-refractivity contribution in [3.63, 3.8) is 0 Å². The van der Waals surface area contributed by atoms with Crippen molar-refractivity contribution in [1.82, 2.24) is 0 Å². The van der Waals surface area contributed by atoms with E-state index in [1.165, 1.54) is 11.1 Å². The highest BCUT2D eigenvalue weighted by atomic mass is 16.1. The number of ketones is 2. The summed E-state index contributed by atoms with van der Waals surface area (Å²) in [5.41, 5.74) is 4.01. The summed E-state index contributed by atoms with van der Waals surface area (Å²) in [5, 5.41) is 0. The van der Waals surface area contributed by atoms with Crippen LogP contribution in [0.3, 0.4) is 0 Å². The molecule has 0 aliphatic heterocycles. The number of benzene rings is 2. The fraction of sp³-hybridized carbons (Fsp3) is 0.333. The number of aryl methyl sites for hydroxylation is 2. The Balaban J connectivity index is 1.95. The van der Waals surface area contributed by atoms with Gasteiger partial charge in [-0.05, 0) is 24.0 Å². The maximum Gasteiger partial charge on any atom is 0.165 e. The summed E-state index contributed by atoms with van der Waals surface area (Å²) in [4.78, 5) is 23.5. The number of hydrogen-bond acceptors (Lipinski definition) is 2. The van der Waals surface area contributed by atoms with Gasteiger partial charge in [-0.15, -0.1) is 0 Å². The Bertz CT molecular complexity index is 664. The van der Waals surface area contributed by atoms with Crippen LogP contribution in [0.1, 0.15) is 59.0 Å². The molecular formula is C21H24O2. The van der Waals surface area contributed by atoms with Gasteiger partial charge in [-0.3, -0.25) is 9.59 Å². The Hall–Kier alpha value is -2.22. The van der Waals surface area contributed by atoms with Gasteiger partial charge in [-0.2, -0.15) is 0 Å². The fourth-order valence-corrected chi connectivity index (χ4v) is 2.52. The lowest BCUT2D eigenvalue weighted by atomic mass is 9.97. The van der Waals surface area contributed by atoms with Crippen LogP contribution in [0.25, 0.3) is 0 Å². The number of rotatable bonds is 7. The van der Waals surface area contributed by atoms with E-state index in [9.17, 15) is 9.59 Å². The predicted molar refractivity (Wildman–Crippen MR) is 94.1 cm³/mol. The van der Waals surface area contributed by atoms with Crippen molar-refractivity contribution in [1.29, 1.82) is 0 Å². The van der Waals surface area contributed by atoms with Gasteiger partial charge in [0.1, 0.15) is 0 Å². The van der Waals surface area contributed by atoms with Crippen LogP contribution in [0.4, 0.5) is 0 Å². The van der Waals surface area contributed by atoms with Crippen LogP contribution in [0.2, 0.25) is 0 Å². The molecule has 0 bridgehead atoms. The molecule has 2 aromatic carbocycles. The van der Waals surface area contributed by atoms with Crippen LogP contribution < -0.4 is 0 Å². The zero-order chi connectivity index (χ0) is 16.8. The molecule has 0 saturated carbocycles. The first-order chi connectivity index (χ1) is 11.0. The Morgan fingerprint density at radius 1 is 0.783 bits per heavy atom. The molecule has 0 radical (unpaired) electrons. The second kappa shape index (κ2) is 7.87. The monoisotopic (exact) mass is 308 g/mol. The van der Waals surface area contributed by atoms with E-state index in [-0.39, 0.29) is 17.5 Å². The van der Waals surface area contributed by atoms with Crippen LogP contribution in [-0.2, 0) is 12.8 Å². The molecule has 120 valence electrons. The van der Waals surface area contributed by atoms with Crippen molar-refractivity contribution in [2.24, 2.45) is 5.92 Å². The molecule has 0 spiro atoms. The zero-order valence-electron chi connectivity index (χ0n) is 14.1. The summed E-state index contributed by atoms with van der Waals surface area (Å²) in [7, 11) is 0. The van der Waals surface area contributed by atoms with Gasteiger partial charge in [0.25, 0.3) is 0 Å². The Kier molecular flexibility index (Phi) is 5.86. The van der Waals surface area contributed by atoms with E-state index in [2.05, 4.69) is 0 Å². The van der Waals surface area contributed by atoms with Crippen molar-refractivity contribution in [3.8, 4) is 0 Å². The average molecular weight is 308 g/mol. The lowest BCUT2D eigenvalue weighted by Gasteiger charge is -2.07. The van der Waals surface area contributed by atoms with E-state index < -0.39 is 0 Å². The molecule has 0 heterocycles. The Labute approximate surface area is 138 Å². The van der Waals surface area contributed by atoms with Gasteiger partial charge in [-0.1, -0.05) is 69.3 Å². The largest absolute Gasteiger partial charge is 0.294 e. The van der Waals surface area contributed by atoms with Crippen LogP contribution in [0.15, 0.2) is 48.5 Å². The van der Waals surface area contributed by atoms with Gasteiger partial charge < -0.3 is 0 Å². The second-order valence-electron chi connectivity index (χ2n) is 6.19. The molecule has 0 amide bonds. The van der Waals surface area contributed by atoms with E-state index >= 15 is 0 Å². The number of carbonyl (C=O) groups excluding carboxylic acids is 2. The van der Waals surface area contributed by atoms with Crippen LogP contribution in [0.5, 0.6) is 0 Å². The molecule has 0 aliphatic rings. The average Bonchev–Trinajstić information content (AvgIpc) is 2.59. The summed E-state index contributed by atoms with van der Waals surface area (Å²) in [6.45, 7) is 5.72. The van der Waals surface area contributed by atoms with Gasteiger partial charge in [0.05, 0.1) is 0 Å². The molecule has 0 unspecified atom stereocenters. The molecule has 23 heavy (non-hydrogen) atoms. The molecule has 2 rings (SSSR count). The zero-order valence-corrected chi connectivity index (χ0v) is 14.1. The first-order valence-electron chi connectivity index (χ1n) is 8.26. The first-order valence-corrected chi connectivity index (χ1v) is 8.26. The van der Waals surface area contributed by atoms with E-state index in [1.807, 2.05) is 69.3 Å². The lowest BCUT2D eigenvalue weighted by Crippen LogP contribution is -2.07.